The Hall–Kier alpha value is -2.35. The lowest BCUT2D eigenvalue weighted by Gasteiger charge is -2.17. The molecule has 1 aliphatic rings. The van der Waals surface area contributed by atoms with E-state index in [-0.39, 0.29) is 11.9 Å². The average molecular weight is 376 g/mol. The van der Waals surface area contributed by atoms with Gasteiger partial charge in [-0.25, -0.2) is 4.79 Å². The van der Waals surface area contributed by atoms with Gasteiger partial charge < -0.3 is 14.6 Å². The Kier molecular flexibility index (Phi) is 5.84. The highest BCUT2D eigenvalue weighted by Crippen LogP contribution is 2.19. The second-order valence-electron chi connectivity index (χ2n) is 7.28. The predicted octanol–water partition coefficient (Wildman–Crippen LogP) is 1.14. The number of nitrogens with one attached hydrogen (secondary N) is 1. The largest absolute Gasteiger partial charge is 0.383 e. The van der Waals surface area contributed by atoms with Crippen molar-refractivity contribution in [2.45, 2.75) is 51.1 Å². The smallest absolute Gasteiger partial charge is 0.332 e. The van der Waals surface area contributed by atoms with Gasteiger partial charge in [0.25, 0.3) is 11.5 Å². The summed E-state index contributed by atoms with van der Waals surface area (Å²) in [6, 6.07) is 1.75. The van der Waals surface area contributed by atoms with Gasteiger partial charge in [0.15, 0.2) is 0 Å². The second kappa shape index (κ2) is 8.12. The molecular formula is C19H28N4O4. The molecule has 148 valence electrons. The SMILES string of the molecule is COCCn1c(C(=O)NC2CCCCCC2)cc2c(=O)n(C)c(=O)n(C)c21. The van der Waals surface area contributed by atoms with Crippen molar-refractivity contribution in [1.29, 1.82) is 0 Å². The Morgan fingerprint density at radius 1 is 1.15 bits per heavy atom. The number of fused-ring (bicyclic) bond motifs is 1. The zero-order valence-electron chi connectivity index (χ0n) is 16.3. The van der Waals surface area contributed by atoms with Crippen LogP contribution in [0.3, 0.4) is 0 Å². The number of aromatic nitrogens is 3. The molecule has 1 amide bonds. The van der Waals surface area contributed by atoms with Crippen molar-refractivity contribution in [2.75, 3.05) is 13.7 Å². The van der Waals surface area contributed by atoms with Gasteiger partial charge in [0.2, 0.25) is 0 Å². The van der Waals surface area contributed by atoms with Gasteiger partial charge >= 0.3 is 5.69 Å². The summed E-state index contributed by atoms with van der Waals surface area (Å²) in [4.78, 5) is 37.9. The molecule has 0 radical (unpaired) electrons. The first-order valence-electron chi connectivity index (χ1n) is 9.54. The molecule has 0 atom stereocenters. The van der Waals surface area contributed by atoms with E-state index in [2.05, 4.69) is 5.32 Å². The number of hydrogen-bond donors (Lipinski definition) is 1. The first kappa shape index (κ1) is 19.4. The van der Waals surface area contributed by atoms with Crippen molar-refractivity contribution in [2.24, 2.45) is 14.1 Å². The Labute approximate surface area is 157 Å². The third kappa shape index (κ3) is 3.71. The average Bonchev–Trinajstić information content (AvgIpc) is 2.85. The molecule has 0 unspecified atom stereocenters. The fourth-order valence-electron chi connectivity index (χ4n) is 3.92. The number of rotatable bonds is 5. The molecule has 2 aromatic heterocycles. The lowest BCUT2D eigenvalue weighted by Crippen LogP contribution is -2.37. The first-order valence-corrected chi connectivity index (χ1v) is 9.54. The fourth-order valence-corrected chi connectivity index (χ4v) is 3.92. The van der Waals surface area contributed by atoms with Crippen LogP contribution in [0.2, 0.25) is 0 Å². The number of ether oxygens (including phenoxy) is 1. The zero-order chi connectivity index (χ0) is 19.6. The van der Waals surface area contributed by atoms with Crippen LogP contribution in [0.25, 0.3) is 11.0 Å². The van der Waals surface area contributed by atoms with Crippen LogP contribution in [0.1, 0.15) is 49.0 Å². The lowest BCUT2D eigenvalue weighted by molar-refractivity contribution is 0.0921. The van der Waals surface area contributed by atoms with Crippen molar-refractivity contribution in [3.8, 4) is 0 Å². The van der Waals surface area contributed by atoms with E-state index < -0.39 is 11.2 Å². The molecule has 0 aromatic carbocycles. The van der Waals surface area contributed by atoms with Gasteiger partial charge in [-0.05, 0) is 18.9 Å². The Morgan fingerprint density at radius 3 is 2.44 bits per heavy atom. The standard InChI is InChI=1S/C19H28N4O4/c1-21-17-14(18(25)22(2)19(21)26)12-15(23(17)10-11-27-3)16(24)20-13-8-6-4-5-7-9-13/h12-13H,4-11H2,1-3H3,(H,20,24). The molecular weight excluding hydrogens is 348 g/mol. The molecule has 8 heteroatoms. The molecule has 27 heavy (non-hydrogen) atoms. The van der Waals surface area contributed by atoms with E-state index in [1.807, 2.05) is 0 Å². The van der Waals surface area contributed by atoms with Gasteiger partial charge in [-0.15, -0.1) is 0 Å². The number of nitrogens with zero attached hydrogens (tertiary/aromatic N) is 3. The fraction of sp³-hybridized carbons (Fsp3) is 0.632. The molecule has 1 N–H and O–H groups in total. The van der Waals surface area contributed by atoms with Gasteiger partial charge in [-0.2, -0.15) is 0 Å². The Morgan fingerprint density at radius 2 is 1.81 bits per heavy atom. The summed E-state index contributed by atoms with van der Waals surface area (Å²) in [6.45, 7) is 0.755. The second-order valence-corrected chi connectivity index (χ2v) is 7.28. The van der Waals surface area contributed by atoms with E-state index >= 15 is 0 Å². The quantitative estimate of drug-likeness (QED) is 0.793. The Balaban J connectivity index is 2.06. The van der Waals surface area contributed by atoms with E-state index in [0.717, 1.165) is 30.3 Å². The third-order valence-corrected chi connectivity index (χ3v) is 5.44. The van der Waals surface area contributed by atoms with Crippen LogP contribution in [0.15, 0.2) is 15.7 Å². The van der Waals surface area contributed by atoms with Crippen LogP contribution < -0.4 is 16.6 Å². The van der Waals surface area contributed by atoms with Crippen molar-refractivity contribution in [1.82, 2.24) is 19.0 Å². The summed E-state index contributed by atoms with van der Waals surface area (Å²) in [7, 11) is 4.64. The Bertz CT molecular complexity index is 945. The van der Waals surface area contributed by atoms with Crippen molar-refractivity contribution < 1.29 is 9.53 Å². The molecule has 2 aromatic rings. The zero-order valence-corrected chi connectivity index (χ0v) is 16.3. The van der Waals surface area contributed by atoms with E-state index in [4.69, 9.17) is 4.74 Å². The summed E-state index contributed by atoms with van der Waals surface area (Å²) in [5, 5.41) is 3.49. The summed E-state index contributed by atoms with van der Waals surface area (Å²) < 4.78 is 9.36. The number of carbonyl (C=O) groups is 1. The van der Waals surface area contributed by atoms with E-state index in [9.17, 15) is 14.4 Å². The van der Waals surface area contributed by atoms with Gasteiger partial charge in [-0.1, -0.05) is 25.7 Å². The molecule has 0 spiro atoms. The van der Waals surface area contributed by atoms with Crippen LogP contribution in [0.4, 0.5) is 0 Å². The van der Waals surface area contributed by atoms with Gasteiger partial charge in [-0.3, -0.25) is 18.7 Å². The van der Waals surface area contributed by atoms with Crippen molar-refractivity contribution >= 4 is 16.9 Å². The number of amides is 1. The molecule has 0 bridgehead atoms. The van der Waals surface area contributed by atoms with Crippen LogP contribution in [-0.4, -0.2) is 39.4 Å². The normalized spacial score (nSPS) is 15.8. The van der Waals surface area contributed by atoms with Crippen molar-refractivity contribution in [3.63, 3.8) is 0 Å². The van der Waals surface area contributed by atoms with Crippen LogP contribution in [0, 0.1) is 0 Å². The van der Waals surface area contributed by atoms with Crippen LogP contribution >= 0.6 is 0 Å². The molecule has 1 saturated carbocycles. The van der Waals surface area contributed by atoms with Crippen LogP contribution in [-0.2, 0) is 25.4 Å². The maximum absolute atomic E-state index is 13.0. The number of aryl methyl sites for hydroxylation is 1. The topological polar surface area (TPSA) is 87.3 Å². The molecule has 8 nitrogen and oxygen atoms in total. The molecule has 1 fully saturated rings. The van der Waals surface area contributed by atoms with Gasteiger partial charge in [0.05, 0.1) is 12.0 Å². The first-order chi connectivity index (χ1) is 13.0. The minimum atomic E-state index is -0.417. The number of carbonyl (C=O) groups excluding carboxylic acids is 1. The van der Waals surface area contributed by atoms with E-state index in [1.165, 1.54) is 24.5 Å². The van der Waals surface area contributed by atoms with Gasteiger partial charge in [0, 0.05) is 33.8 Å². The van der Waals surface area contributed by atoms with E-state index in [0.29, 0.717) is 29.9 Å². The molecule has 3 rings (SSSR count). The molecule has 0 aliphatic heterocycles. The maximum Gasteiger partial charge on any atom is 0.332 e. The summed E-state index contributed by atoms with van der Waals surface area (Å²) in [5.74, 6) is -0.205. The minimum absolute atomic E-state index is 0.153. The number of hydrogen-bond acceptors (Lipinski definition) is 4. The number of methoxy groups -OCH3 is 1. The molecule has 0 saturated heterocycles. The summed E-state index contributed by atoms with van der Waals surface area (Å²) >= 11 is 0. The third-order valence-electron chi connectivity index (χ3n) is 5.44. The van der Waals surface area contributed by atoms with Gasteiger partial charge in [0.1, 0.15) is 11.3 Å². The highest BCUT2D eigenvalue weighted by Gasteiger charge is 2.23. The summed E-state index contributed by atoms with van der Waals surface area (Å²) in [5.41, 5.74) is 0.0311. The van der Waals surface area contributed by atoms with Crippen LogP contribution in [0.5, 0.6) is 0 Å². The monoisotopic (exact) mass is 376 g/mol. The molecule has 1 aliphatic carbocycles. The highest BCUT2D eigenvalue weighted by atomic mass is 16.5. The van der Waals surface area contributed by atoms with E-state index in [1.54, 1.807) is 24.8 Å². The minimum Gasteiger partial charge on any atom is -0.383 e. The predicted molar refractivity (Wildman–Crippen MR) is 103 cm³/mol. The molecule has 2 heterocycles. The summed E-state index contributed by atoms with van der Waals surface area (Å²) in [6.07, 6.45) is 6.60. The maximum atomic E-state index is 13.0. The van der Waals surface area contributed by atoms with Crippen molar-refractivity contribution in [3.05, 3.63) is 32.6 Å². The lowest BCUT2D eigenvalue weighted by atomic mass is 10.1. The highest BCUT2D eigenvalue weighted by molar-refractivity contribution is 5.98.